The van der Waals surface area contributed by atoms with Crippen LogP contribution in [-0.2, 0) is 16.0 Å². The normalized spacial score (nSPS) is 16.0. The highest BCUT2D eigenvalue weighted by Gasteiger charge is 2.21. The minimum absolute atomic E-state index is 0.0193. The molecule has 0 bridgehead atoms. The standard InChI is InChI=1S/C18H20N4O6/c1-2-28-18(24)14-7-13(8-15(9-14)22(25)26)17(23)20-16-3-5-19-21(16)10-12-4-6-27-11-12/h3,5,7-9,12H,2,4,6,10-11H2,1H3,(H,20,23). The van der Waals surface area contributed by atoms with Gasteiger partial charge in [0.2, 0.25) is 0 Å². The highest BCUT2D eigenvalue weighted by molar-refractivity contribution is 6.05. The lowest BCUT2D eigenvalue weighted by atomic mass is 10.1. The van der Waals surface area contributed by atoms with Crippen LogP contribution in [0.4, 0.5) is 11.5 Å². The molecule has 0 radical (unpaired) electrons. The topological polar surface area (TPSA) is 126 Å². The van der Waals surface area contributed by atoms with Crippen LogP contribution >= 0.6 is 0 Å². The number of nitrogens with one attached hydrogen (secondary N) is 1. The fraction of sp³-hybridized carbons (Fsp3) is 0.389. The Morgan fingerprint density at radius 3 is 2.86 bits per heavy atom. The summed E-state index contributed by atoms with van der Waals surface area (Å²) in [5.41, 5.74) is -0.445. The third kappa shape index (κ3) is 4.52. The Morgan fingerprint density at radius 2 is 2.18 bits per heavy atom. The molecule has 1 amide bonds. The second-order valence-corrected chi connectivity index (χ2v) is 6.33. The molecule has 1 N–H and O–H groups in total. The Labute approximate surface area is 160 Å². The molecule has 1 unspecified atom stereocenters. The van der Waals surface area contributed by atoms with Crippen molar-refractivity contribution < 1.29 is 24.0 Å². The molecular weight excluding hydrogens is 368 g/mol. The van der Waals surface area contributed by atoms with Crippen molar-refractivity contribution in [3.63, 3.8) is 0 Å². The van der Waals surface area contributed by atoms with Gasteiger partial charge in [0.25, 0.3) is 11.6 Å². The van der Waals surface area contributed by atoms with Crippen molar-refractivity contribution in [2.45, 2.75) is 19.9 Å². The molecule has 0 aliphatic carbocycles. The molecule has 2 aromatic rings. The predicted molar refractivity (Wildman–Crippen MR) is 98.2 cm³/mol. The van der Waals surface area contributed by atoms with E-state index in [-0.39, 0.29) is 23.4 Å². The number of nitrogens with zero attached hydrogens (tertiary/aromatic N) is 3. The number of aromatic nitrogens is 2. The summed E-state index contributed by atoms with van der Waals surface area (Å²) in [6, 6.07) is 5.10. The molecule has 2 heterocycles. The molecular formula is C18H20N4O6. The summed E-state index contributed by atoms with van der Waals surface area (Å²) in [4.78, 5) is 35.1. The smallest absolute Gasteiger partial charge is 0.338 e. The Morgan fingerprint density at radius 1 is 1.39 bits per heavy atom. The van der Waals surface area contributed by atoms with E-state index in [9.17, 15) is 19.7 Å². The van der Waals surface area contributed by atoms with Gasteiger partial charge in [0.05, 0.1) is 29.9 Å². The average Bonchev–Trinajstić information content (AvgIpc) is 3.34. The lowest BCUT2D eigenvalue weighted by molar-refractivity contribution is -0.384. The lowest BCUT2D eigenvalue weighted by Gasteiger charge is -2.12. The Hall–Kier alpha value is -3.27. The molecule has 1 aliphatic rings. The quantitative estimate of drug-likeness (QED) is 0.438. The summed E-state index contributed by atoms with van der Waals surface area (Å²) in [7, 11) is 0. The number of hydrogen-bond donors (Lipinski definition) is 1. The zero-order valence-corrected chi connectivity index (χ0v) is 15.3. The van der Waals surface area contributed by atoms with Crippen LogP contribution in [0.1, 0.15) is 34.1 Å². The van der Waals surface area contributed by atoms with Crippen molar-refractivity contribution in [3.8, 4) is 0 Å². The number of nitro groups is 1. The van der Waals surface area contributed by atoms with Gasteiger partial charge in [-0.2, -0.15) is 5.10 Å². The van der Waals surface area contributed by atoms with Crippen LogP contribution in [0, 0.1) is 16.0 Å². The Kier molecular flexibility index (Phi) is 5.99. The van der Waals surface area contributed by atoms with E-state index in [1.807, 2.05) is 0 Å². The number of nitro benzene ring substituents is 1. The number of benzene rings is 1. The third-order valence-corrected chi connectivity index (χ3v) is 4.32. The van der Waals surface area contributed by atoms with E-state index in [4.69, 9.17) is 9.47 Å². The first-order valence-electron chi connectivity index (χ1n) is 8.85. The zero-order valence-electron chi connectivity index (χ0n) is 15.3. The fourth-order valence-electron chi connectivity index (χ4n) is 2.92. The van der Waals surface area contributed by atoms with E-state index >= 15 is 0 Å². The zero-order chi connectivity index (χ0) is 20.1. The first kappa shape index (κ1) is 19.5. The van der Waals surface area contributed by atoms with Crippen LogP contribution in [0.15, 0.2) is 30.5 Å². The van der Waals surface area contributed by atoms with E-state index in [2.05, 4.69) is 10.4 Å². The number of anilines is 1. The van der Waals surface area contributed by atoms with E-state index < -0.39 is 16.8 Å². The molecule has 1 saturated heterocycles. The fourth-order valence-corrected chi connectivity index (χ4v) is 2.92. The Bertz CT molecular complexity index is 888. The Balaban J connectivity index is 1.81. The van der Waals surface area contributed by atoms with Crippen molar-refractivity contribution in [3.05, 3.63) is 51.7 Å². The van der Waals surface area contributed by atoms with Gasteiger partial charge in [-0.15, -0.1) is 0 Å². The van der Waals surface area contributed by atoms with Gasteiger partial charge >= 0.3 is 5.97 Å². The summed E-state index contributed by atoms with van der Waals surface area (Å²) in [5.74, 6) is -0.546. The number of non-ortho nitro benzene ring substituents is 1. The SMILES string of the molecule is CCOC(=O)c1cc(C(=O)Nc2ccnn2CC2CCOC2)cc([N+](=O)[O-])c1. The largest absolute Gasteiger partial charge is 0.462 e. The van der Waals surface area contributed by atoms with Gasteiger partial charge < -0.3 is 14.8 Å². The lowest BCUT2D eigenvalue weighted by Crippen LogP contribution is -2.19. The summed E-state index contributed by atoms with van der Waals surface area (Å²) in [6.07, 6.45) is 2.48. The molecule has 1 aromatic carbocycles. The first-order valence-corrected chi connectivity index (χ1v) is 8.85. The third-order valence-electron chi connectivity index (χ3n) is 4.32. The van der Waals surface area contributed by atoms with Crippen LogP contribution in [0.5, 0.6) is 0 Å². The monoisotopic (exact) mass is 388 g/mol. The van der Waals surface area contributed by atoms with E-state index in [1.54, 1.807) is 23.9 Å². The molecule has 1 atom stereocenters. The molecule has 10 nitrogen and oxygen atoms in total. The molecule has 1 aromatic heterocycles. The second kappa shape index (κ2) is 8.61. The summed E-state index contributed by atoms with van der Waals surface area (Å²) in [5, 5.41) is 18.1. The van der Waals surface area contributed by atoms with Gasteiger partial charge in [0.1, 0.15) is 5.82 Å². The number of amides is 1. The maximum Gasteiger partial charge on any atom is 0.338 e. The highest BCUT2D eigenvalue weighted by Crippen LogP contribution is 2.21. The van der Waals surface area contributed by atoms with Crippen LogP contribution in [0.2, 0.25) is 0 Å². The van der Waals surface area contributed by atoms with Gasteiger partial charge in [-0.05, 0) is 19.4 Å². The predicted octanol–water partition coefficient (Wildman–Crippen LogP) is 2.26. The number of carbonyl (C=O) groups is 2. The summed E-state index contributed by atoms with van der Waals surface area (Å²) >= 11 is 0. The average molecular weight is 388 g/mol. The van der Waals surface area contributed by atoms with Gasteiger partial charge in [-0.1, -0.05) is 0 Å². The minimum atomic E-state index is -0.730. The van der Waals surface area contributed by atoms with Crippen LogP contribution in [-0.4, -0.2) is 46.4 Å². The van der Waals surface area contributed by atoms with Gasteiger partial charge in [0.15, 0.2) is 0 Å². The number of esters is 1. The van der Waals surface area contributed by atoms with E-state index in [0.717, 1.165) is 18.6 Å². The molecule has 1 fully saturated rings. The van der Waals surface area contributed by atoms with Crippen molar-refractivity contribution >= 4 is 23.4 Å². The van der Waals surface area contributed by atoms with Gasteiger partial charge in [0, 0.05) is 42.8 Å². The van der Waals surface area contributed by atoms with E-state index in [1.165, 1.54) is 6.07 Å². The van der Waals surface area contributed by atoms with E-state index in [0.29, 0.717) is 31.5 Å². The number of ether oxygens (including phenoxy) is 2. The first-order chi connectivity index (χ1) is 13.5. The molecule has 148 valence electrons. The van der Waals surface area contributed by atoms with Crippen molar-refractivity contribution in [1.82, 2.24) is 9.78 Å². The van der Waals surface area contributed by atoms with Crippen LogP contribution in [0.25, 0.3) is 0 Å². The molecule has 0 saturated carbocycles. The van der Waals surface area contributed by atoms with Crippen molar-refractivity contribution in [1.29, 1.82) is 0 Å². The van der Waals surface area contributed by atoms with Crippen molar-refractivity contribution in [2.24, 2.45) is 5.92 Å². The maximum atomic E-state index is 12.7. The second-order valence-electron chi connectivity index (χ2n) is 6.33. The van der Waals surface area contributed by atoms with Crippen molar-refractivity contribution in [2.75, 3.05) is 25.1 Å². The number of carbonyl (C=O) groups excluding carboxylic acids is 2. The summed E-state index contributed by atoms with van der Waals surface area (Å²) < 4.78 is 11.9. The number of hydrogen-bond acceptors (Lipinski definition) is 7. The highest BCUT2D eigenvalue weighted by atomic mass is 16.6. The number of rotatable bonds is 7. The molecule has 3 rings (SSSR count). The van der Waals surface area contributed by atoms with Crippen LogP contribution < -0.4 is 5.32 Å². The summed E-state index contributed by atoms with van der Waals surface area (Å²) in [6.45, 7) is 3.68. The minimum Gasteiger partial charge on any atom is -0.462 e. The molecule has 0 spiro atoms. The van der Waals surface area contributed by atoms with Crippen LogP contribution in [0.3, 0.4) is 0 Å². The molecule has 28 heavy (non-hydrogen) atoms. The van der Waals surface area contributed by atoms with Gasteiger partial charge in [-0.25, -0.2) is 9.48 Å². The van der Waals surface area contributed by atoms with Gasteiger partial charge in [-0.3, -0.25) is 14.9 Å². The molecule has 10 heteroatoms. The maximum absolute atomic E-state index is 12.7. The molecule has 1 aliphatic heterocycles.